The van der Waals surface area contributed by atoms with E-state index in [-0.39, 0.29) is 5.25 Å². The van der Waals surface area contributed by atoms with Gasteiger partial charge in [0.15, 0.2) is 0 Å². The van der Waals surface area contributed by atoms with Crippen molar-refractivity contribution in [3.63, 3.8) is 0 Å². The number of rotatable bonds is 7. The van der Waals surface area contributed by atoms with Gasteiger partial charge in [0.1, 0.15) is 5.25 Å². The lowest BCUT2D eigenvalue weighted by Crippen LogP contribution is -2.09. The summed E-state index contributed by atoms with van der Waals surface area (Å²) in [6.07, 6.45) is 1.57. The van der Waals surface area contributed by atoms with Crippen LogP contribution >= 0.6 is 23.1 Å². The second kappa shape index (κ2) is 8.08. The third kappa shape index (κ3) is 4.43. The monoisotopic (exact) mass is 355 g/mol. The zero-order valence-electron chi connectivity index (χ0n) is 13.3. The highest BCUT2D eigenvalue weighted by Gasteiger charge is 2.16. The Morgan fingerprint density at radius 1 is 1.29 bits per heavy atom. The third-order valence-electron chi connectivity index (χ3n) is 3.58. The maximum Gasteiger partial charge on any atom is 0.210 e. The molecule has 122 valence electrons. The van der Waals surface area contributed by atoms with Crippen molar-refractivity contribution in [1.29, 1.82) is 5.26 Å². The summed E-state index contributed by atoms with van der Waals surface area (Å²) in [4.78, 5) is 1.30. The highest BCUT2D eigenvalue weighted by atomic mass is 32.2. The molecule has 0 spiro atoms. The number of nitrogens with zero attached hydrogens (tertiary/aromatic N) is 5. The number of hydrogen-bond acceptors (Lipinski definition) is 6. The van der Waals surface area contributed by atoms with Crippen LogP contribution in [0.15, 0.2) is 46.9 Å². The zero-order chi connectivity index (χ0) is 16.8. The molecule has 1 aromatic carbocycles. The van der Waals surface area contributed by atoms with Crippen molar-refractivity contribution in [2.75, 3.05) is 0 Å². The maximum atomic E-state index is 9.46. The molecule has 0 bridgehead atoms. The van der Waals surface area contributed by atoms with Gasteiger partial charge in [-0.3, -0.25) is 0 Å². The van der Waals surface area contributed by atoms with Crippen molar-refractivity contribution >= 4 is 23.1 Å². The van der Waals surface area contributed by atoms with E-state index in [1.54, 1.807) is 16.0 Å². The first-order valence-electron chi connectivity index (χ1n) is 7.65. The van der Waals surface area contributed by atoms with E-state index in [0.29, 0.717) is 11.6 Å². The van der Waals surface area contributed by atoms with Gasteiger partial charge in [0, 0.05) is 11.3 Å². The first kappa shape index (κ1) is 16.7. The number of aromatic nitrogens is 4. The van der Waals surface area contributed by atoms with E-state index >= 15 is 0 Å². The van der Waals surface area contributed by atoms with Crippen LogP contribution in [-0.2, 0) is 19.4 Å². The largest absolute Gasteiger partial charge is 0.220 e. The summed E-state index contributed by atoms with van der Waals surface area (Å²) in [5, 5.41) is 23.9. The molecule has 0 unspecified atom stereocenters. The van der Waals surface area contributed by atoms with Gasteiger partial charge in [-0.25, -0.2) is 4.68 Å². The first-order chi connectivity index (χ1) is 11.7. The summed E-state index contributed by atoms with van der Waals surface area (Å²) < 4.78 is 1.78. The molecule has 2 heterocycles. The fourth-order valence-electron chi connectivity index (χ4n) is 2.27. The summed E-state index contributed by atoms with van der Waals surface area (Å²) >= 11 is 3.16. The van der Waals surface area contributed by atoms with Crippen LogP contribution in [0, 0.1) is 18.3 Å². The lowest BCUT2D eigenvalue weighted by atomic mass is 10.1. The number of nitriles is 1. The second-order valence-corrected chi connectivity index (χ2v) is 7.64. The van der Waals surface area contributed by atoms with Gasteiger partial charge in [-0.1, -0.05) is 47.7 Å². The Balaban J connectivity index is 1.62. The number of thiophene rings is 1. The van der Waals surface area contributed by atoms with Crippen molar-refractivity contribution in [2.24, 2.45) is 0 Å². The first-order valence-corrected chi connectivity index (χ1v) is 9.41. The number of hydrogen-bond donors (Lipinski definition) is 0. The van der Waals surface area contributed by atoms with Crippen molar-refractivity contribution in [2.45, 2.75) is 36.7 Å². The average Bonchev–Trinajstić information content (AvgIpc) is 3.26. The summed E-state index contributed by atoms with van der Waals surface area (Å²) in [6.45, 7) is 2.78. The van der Waals surface area contributed by atoms with E-state index < -0.39 is 0 Å². The SMILES string of the molecule is Cc1ccc(C[C@H](C#N)Sc2nnnn2CCc2cccs2)cc1. The van der Waals surface area contributed by atoms with Crippen LogP contribution < -0.4 is 0 Å². The van der Waals surface area contributed by atoms with Crippen LogP contribution in [0.25, 0.3) is 0 Å². The van der Waals surface area contributed by atoms with Crippen molar-refractivity contribution in [3.05, 3.63) is 57.8 Å². The molecule has 3 rings (SSSR count). The van der Waals surface area contributed by atoms with Crippen molar-refractivity contribution in [3.8, 4) is 6.07 Å². The smallest absolute Gasteiger partial charge is 0.210 e. The Morgan fingerprint density at radius 2 is 2.12 bits per heavy atom. The van der Waals surface area contributed by atoms with Gasteiger partial charge >= 0.3 is 0 Å². The molecule has 0 fully saturated rings. The Morgan fingerprint density at radius 3 is 2.83 bits per heavy atom. The predicted molar refractivity (Wildman–Crippen MR) is 96.0 cm³/mol. The van der Waals surface area contributed by atoms with Crippen LogP contribution in [0.5, 0.6) is 0 Å². The Kier molecular flexibility index (Phi) is 5.62. The minimum absolute atomic E-state index is 0.209. The minimum Gasteiger partial charge on any atom is -0.220 e. The van der Waals surface area contributed by atoms with Gasteiger partial charge in [0.25, 0.3) is 0 Å². The molecule has 0 radical (unpaired) electrons. The molecule has 1 atom stereocenters. The highest BCUT2D eigenvalue weighted by molar-refractivity contribution is 8.00. The van der Waals surface area contributed by atoms with E-state index in [4.69, 9.17) is 0 Å². The molecule has 0 aliphatic carbocycles. The van der Waals surface area contributed by atoms with E-state index in [0.717, 1.165) is 18.5 Å². The van der Waals surface area contributed by atoms with E-state index in [9.17, 15) is 5.26 Å². The number of aryl methyl sites for hydroxylation is 3. The van der Waals surface area contributed by atoms with Gasteiger partial charge in [0.05, 0.1) is 12.6 Å². The lowest BCUT2D eigenvalue weighted by molar-refractivity contribution is 0.550. The highest BCUT2D eigenvalue weighted by Crippen LogP contribution is 2.24. The molecule has 5 nitrogen and oxygen atoms in total. The molecule has 0 saturated heterocycles. The quantitative estimate of drug-likeness (QED) is 0.607. The number of thioether (sulfide) groups is 1. The normalized spacial score (nSPS) is 12.0. The molecule has 0 N–H and O–H groups in total. The topological polar surface area (TPSA) is 67.4 Å². The van der Waals surface area contributed by atoms with Crippen LogP contribution in [0.4, 0.5) is 0 Å². The van der Waals surface area contributed by atoms with Gasteiger partial charge in [-0.15, -0.1) is 16.4 Å². The number of tetrazole rings is 1. The number of benzene rings is 1. The van der Waals surface area contributed by atoms with Gasteiger partial charge in [0.2, 0.25) is 5.16 Å². The fraction of sp³-hybridized carbons (Fsp3) is 0.294. The Labute approximate surface area is 149 Å². The Hall–Kier alpha value is -2.17. The molecule has 24 heavy (non-hydrogen) atoms. The third-order valence-corrected chi connectivity index (χ3v) is 5.58. The summed E-state index contributed by atoms with van der Waals surface area (Å²) in [5.41, 5.74) is 2.37. The molecule has 0 amide bonds. The van der Waals surface area contributed by atoms with Crippen LogP contribution in [0.2, 0.25) is 0 Å². The molecular formula is C17H17N5S2. The summed E-state index contributed by atoms with van der Waals surface area (Å²) in [6, 6.07) is 14.8. The molecule has 0 aliphatic rings. The van der Waals surface area contributed by atoms with E-state index in [2.05, 4.69) is 64.2 Å². The summed E-state index contributed by atoms with van der Waals surface area (Å²) in [5.74, 6) is 0. The zero-order valence-corrected chi connectivity index (χ0v) is 14.9. The van der Waals surface area contributed by atoms with Gasteiger partial charge in [-0.2, -0.15) is 5.26 Å². The average molecular weight is 355 g/mol. The van der Waals surface area contributed by atoms with E-state index in [1.165, 1.54) is 22.2 Å². The van der Waals surface area contributed by atoms with Gasteiger partial charge in [-0.05, 0) is 40.8 Å². The lowest BCUT2D eigenvalue weighted by Gasteiger charge is -2.09. The molecule has 2 aromatic heterocycles. The van der Waals surface area contributed by atoms with Crippen LogP contribution in [0.3, 0.4) is 0 Å². The molecule has 7 heteroatoms. The minimum atomic E-state index is -0.209. The standard InChI is InChI=1S/C17H17N5S2/c1-13-4-6-14(7-5-13)11-16(12-18)24-17-19-20-21-22(17)9-8-15-3-2-10-23-15/h2-7,10,16H,8-9,11H2,1H3/t16-/m1/s1. The Bertz CT molecular complexity index is 802. The maximum absolute atomic E-state index is 9.46. The second-order valence-electron chi connectivity index (χ2n) is 5.44. The molecule has 0 saturated carbocycles. The molecule has 0 aliphatic heterocycles. The molecule has 3 aromatic rings. The fourth-order valence-corrected chi connectivity index (χ4v) is 3.89. The van der Waals surface area contributed by atoms with Gasteiger partial charge < -0.3 is 0 Å². The van der Waals surface area contributed by atoms with E-state index in [1.807, 2.05) is 6.07 Å². The van der Waals surface area contributed by atoms with Crippen molar-refractivity contribution in [1.82, 2.24) is 20.2 Å². The summed E-state index contributed by atoms with van der Waals surface area (Å²) in [7, 11) is 0. The van der Waals surface area contributed by atoms with Crippen LogP contribution in [-0.4, -0.2) is 25.5 Å². The van der Waals surface area contributed by atoms with Crippen molar-refractivity contribution < 1.29 is 0 Å². The molecular weight excluding hydrogens is 338 g/mol. The van der Waals surface area contributed by atoms with Crippen LogP contribution in [0.1, 0.15) is 16.0 Å². The predicted octanol–water partition coefficient (Wildman–Crippen LogP) is 3.51.